The Kier molecular flexibility index (Phi) is 6.51. The van der Waals surface area contributed by atoms with Crippen LogP contribution in [0.15, 0.2) is 49.1 Å². The third kappa shape index (κ3) is 3.27. The lowest BCUT2D eigenvalue weighted by atomic mass is 10.0. The molecule has 0 aliphatic carbocycles. The lowest BCUT2D eigenvalue weighted by molar-refractivity contribution is 0.101. The molecule has 126 valence electrons. The molecule has 0 radical (unpaired) electrons. The first kappa shape index (κ1) is 19.7. The standard InChI is InChI=1S/C17H15N3O2.2ClH/c1-11-15(12(2)21)17(14-5-9-19-10-6-14)20(22)16(11)13-3-7-18-8-4-13;;/h3-10,22H,1-2H3;2*1H. The molecular weight excluding hydrogens is 349 g/mol. The van der Waals surface area contributed by atoms with E-state index in [0.29, 0.717) is 17.0 Å². The second-order valence-corrected chi connectivity index (χ2v) is 5.04. The summed E-state index contributed by atoms with van der Waals surface area (Å²) in [6.07, 6.45) is 6.57. The number of aromatic nitrogens is 3. The third-order valence-corrected chi connectivity index (χ3v) is 3.65. The molecule has 3 heterocycles. The van der Waals surface area contributed by atoms with Gasteiger partial charge in [0, 0.05) is 35.9 Å². The Bertz CT molecular complexity index is 834. The minimum atomic E-state index is -0.0904. The number of ketones is 1. The summed E-state index contributed by atoms with van der Waals surface area (Å²) in [7, 11) is 0. The Morgan fingerprint density at radius 1 is 0.917 bits per heavy atom. The molecule has 3 aromatic heterocycles. The average molecular weight is 366 g/mol. The molecule has 0 bridgehead atoms. The maximum Gasteiger partial charge on any atom is 0.162 e. The highest BCUT2D eigenvalue weighted by atomic mass is 35.5. The molecule has 3 rings (SSSR count). The highest BCUT2D eigenvalue weighted by molar-refractivity contribution is 6.03. The van der Waals surface area contributed by atoms with E-state index < -0.39 is 0 Å². The van der Waals surface area contributed by atoms with Gasteiger partial charge in [-0.2, -0.15) is 4.73 Å². The van der Waals surface area contributed by atoms with Crippen molar-refractivity contribution in [3.63, 3.8) is 0 Å². The van der Waals surface area contributed by atoms with Crippen LogP contribution in [0, 0.1) is 6.92 Å². The third-order valence-electron chi connectivity index (χ3n) is 3.65. The molecule has 0 saturated heterocycles. The molecule has 0 aliphatic heterocycles. The molecule has 0 spiro atoms. The number of rotatable bonds is 3. The van der Waals surface area contributed by atoms with Crippen LogP contribution in [-0.2, 0) is 0 Å². The van der Waals surface area contributed by atoms with Crippen molar-refractivity contribution in [3.8, 4) is 22.5 Å². The maximum atomic E-state index is 12.1. The number of hydrogen-bond donors (Lipinski definition) is 1. The Labute approximate surface area is 152 Å². The van der Waals surface area contributed by atoms with Crippen LogP contribution in [0.25, 0.3) is 22.5 Å². The maximum absolute atomic E-state index is 12.1. The average Bonchev–Trinajstić information content (AvgIpc) is 2.80. The summed E-state index contributed by atoms with van der Waals surface area (Å²) in [5, 5.41) is 10.7. The van der Waals surface area contributed by atoms with E-state index in [1.807, 2.05) is 6.92 Å². The van der Waals surface area contributed by atoms with Gasteiger partial charge in [-0.05, 0) is 43.7 Å². The molecule has 3 aromatic rings. The normalized spacial score (nSPS) is 9.75. The largest absolute Gasteiger partial charge is 0.428 e. The van der Waals surface area contributed by atoms with Crippen molar-refractivity contribution in [2.24, 2.45) is 0 Å². The van der Waals surface area contributed by atoms with Crippen LogP contribution in [0.5, 0.6) is 0 Å². The van der Waals surface area contributed by atoms with Gasteiger partial charge in [0.2, 0.25) is 0 Å². The Hall–Kier alpha value is -2.37. The Morgan fingerprint density at radius 2 is 1.33 bits per heavy atom. The number of nitrogens with zero attached hydrogens (tertiary/aromatic N) is 3. The molecule has 0 atom stereocenters. The number of hydrogen-bond acceptors (Lipinski definition) is 4. The van der Waals surface area contributed by atoms with Crippen molar-refractivity contribution >= 4 is 30.6 Å². The molecule has 0 amide bonds. The summed E-state index contributed by atoms with van der Waals surface area (Å²) < 4.78 is 1.08. The van der Waals surface area contributed by atoms with Crippen LogP contribution < -0.4 is 0 Å². The minimum absolute atomic E-state index is 0. The van der Waals surface area contributed by atoms with Crippen molar-refractivity contribution < 1.29 is 10.0 Å². The van der Waals surface area contributed by atoms with Gasteiger partial charge >= 0.3 is 0 Å². The van der Waals surface area contributed by atoms with Gasteiger partial charge in [0.05, 0.1) is 17.0 Å². The monoisotopic (exact) mass is 365 g/mol. The zero-order valence-electron chi connectivity index (χ0n) is 13.1. The van der Waals surface area contributed by atoms with Crippen LogP contribution in [0.4, 0.5) is 0 Å². The molecular formula is C17H17Cl2N3O2. The Morgan fingerprint density at radius 3 is 1.75 bits per heavy atom. The Balaban J connectivity index is 0.00000144. The van der Waals surface area contributed by atoms with Gasteiger partial charge in [-0.15, -0.1) is 24.8 Å². The van der Waals surface area contributed by atoms with Gasteiger partial charge in [-0.1, -0.05) is 0 Å². The topological polar surface area (TPSA) is 68.0 Å². The van der Waals surface area contributed by atoms with E-state index in [1.54, 1.807) is 49.1 Å². The number of carbonyl (C=O) groups is 1. The van der Waals surface area contributed by atoms with E-state index in [-0.39, 0.29) is 30.6 Å². The van der Waals surface area contributed by atoms with Crippen LogP contribution in [0.1, 0.15) is 22.8 Å². The zero-order valence-corrected chi connectivity index (χ0v) is 14.8. The van der Waals surface area contributed by atoms with Gasteiger partial charge in [-0.3, -0.25) is 14.8 Å². The number of halogens is 2. The summed E-state index contributed by atoms with van der Waals surface area (Å²) in [6.45, 7) is 3.34. The van der Waals surface area contributed by atoms with Gasteiger partial charge in [0.25, 0.3) is 0 Å². The van der Waals surface area contributed by atoms with Crippen LogP contribution in [0.2, 0.25) is 0 Å². The summed E-state index contributed by atoms with van der Waals surface area (Å²) in [5.41, 5.74) is 3.89. The molecule has 0 saturated carbocycles. The van der Waals surface area contributed by atoms with Crippen LogP contribution in [-0.4, -0.2) is 25.7 Å². The van der Waals surface area contributed by atoms with E-state index in [2.05, 4.69) is 9.97 Å². The van der Waals surface area contributed by atoms with Crippen molar-refractivity contribution in [1.29, 1.82) is 0 Å². The quantitative estimate of drug-likeness (QED) is 0.557. The van der Waals surface area contributed by atoms with E-state index in [4.69, 9.17) is 0 Å². The lowest BCUT2D eigenvalue weighted by Gasteiger charge is -2.07. The summed E-state index contributed by atoms with van der Waals surface area (Å²) in [5.74, 6) is -0.0904. The number of Topliss-reactive ketones (excluding diaryl/α,β-unsaturated/α-hetero) is 1. The molecule has 7 heteroatoms. The van der Waals surface area contributed by atoms with Gasteiger partial charge < -0.3 is 5.21 Å². The highest BCUT2D eigenvalue weighted by Gasteiger charge is 2.24. The van der Waals surface area contributed by atoms with Crippen molar-refractivity contribution in [2.75, 3.05) is 0 Å². The van der Waals surface area contributed by atoms with E-state index >= 15 is 0 Å². The van der Waals surface area contributed by atoms with E-state index in [9.17, 15) is 10.0 Å². The predicted molar refractivity (Wildman–Crippen MR) is 97.3 cm³/mol. The van der Waals surface area contributed by atoms with Gasteiger partial charge in [0.1, 0.15) is 0 Å². The zero-order chi connectivity index (χ0) is 15.7. The molecule has 1 N–H and O–H groups in total. The fraction of sp³-hybridized carbons (Fsp3) is 0.118. The predicted octanol–water partition coefficient (Wildman–Crippen LogP) is 4.20. The summed E-state index contributed by atoms with van der Waals surface area (Å²) >= 11 is 0. The first-order chi connectivity index (χ1) is 10.6. The van der Waals surface area contributed by atoms with Crippen LogP contribution in [0.3, 0.4) is 0 Å². The molecule has 5 nitrogen and oxygen atoms in total. The van der Waals surface area contributed by atoms with E-state index in [1.165, 1.54) is 6.92 Å². The first-order valence-corrected chi connectivity index (χ1v) is 6.87. The fourth-order valence-electron chi connectivity index (χ4n) is 2.73. The van der Waals surface area contributed by atoms with Crippen molar-refractivity contribution in [1.82, 2.24) is 14.7 Å². The molecule has 0 fully saturated rings. The minimum Gasteiger partial charge on any atom is -0.428 e. The number of carbonyl (C=O) groups excluding carboxylic acids is 1. The molecule has 0 aromatic carbocycles. The molecule has 24 heavy (non-hydrogen) atoms. The second kappa shape index (κ2) is 7.95. The lowest BCUT2D eigenvalue weighted by Crippen LogP contribution is -2.00. The number of pyridine rings is 2. The highest BCUT2D eigenvalue weighted by Crippen LogP contribution is 2.35. The van der Waals surface area contributed by atoms with Crippen LogP contribution >= 0.6 is 24.8 Å². The summed E-state index contributed by atoms with van der Waals surface area (Å²) in [6, 6.07) is 7.14. The molecule has 0 unspecified atom stereocenters. The fourth-order valence-corrected chi connectivity index (χ4v) is 2.73. The van der Waals surface area contributed by atoms with Gasteiger partial charge in [0.15, 0.2) is 5.78 Å². The van der Waals surface area contributed by atoms with Gasteiger partial charge in [-0.25, -0.2) is 0 Å². The summed E-state index contributed by atoms with van der Waals surface area (Å²) in [4.78, 5) is 20.1. The first-order valence-electron chi connectivity index (χ1n) is 6.87. The second-order valence-electron chi connectivity index (χ2n) is 5.04. The smallest absolute Gasteiger partial charge is 0.162 e. The molecule has 0 aliphatic rings. The SMILES string of the molecule is CC(=O)c1c(C)c(-c2ccncc2)n(O)c1-c1ccncc1.Cl.Cl. The van der Waals surface area contributed by atoms with E-state index in [0.717, 1.165) is 21.4 Å². The van der Waals surface area contributed by atoms with Crippen molar-refractivity contribution in [3.05, 3.63) is 60.2 Å². The van der Waals surface area contributed by atoms with Crippen molar-refractivity contribution in [2.45, 2.75) is 13.8 Å².